The van der Waals surface area contributed by atoms with Gasteiger partial charge < -0.3 is 10.2 Å². The van der Waals surface area contributed by atoms with Gasteiger partial charge in [0.2, 0.25) is 0 Å². The Labute approximate surface area is 182 Å². The van der Waals surface area contributed by atoms with Crippen LogP contribution in [0.15, 0.2) is 81.7 Å². The number of para-hydroxylation sites is 1. The standard InChI is InChI=1S/C23H20Br2N2O/c1-15-13-21(26-20-12-11-17(24)14-19(20)25)18-9-5-6-10-22(18)27(15)23(28)16-7-3-2-4-8-16/h2-12,14-15,21,26H,13H2,1H3/t15-,21+/m0/s1. The van der Waals surface area contributed by atoms with Gasteiger partial charge >= 0.3 is 0 Å². The number of rotatable bonds is 3. The predicted molar refractivity (Wildman–Crippen MR) is 122 cm³/mol. The first kappa shape index (κ1) is 19.2. The molecule has 0 unspecified atom stereocenters. The lowest BCUT2D eigenvalue weighted by molar-refractivity contribution is 0.0974. The van der Waals surface area contributed by atoms with Crippen molar-refractivity contribution in [3.63, 3.8) is 0 Å². The van der Waals surface area contributed by atoms with Gasteiger partial charge in [0.25, 0.3) is 5.91 Å². The molecule has 3 nitrogen and oxygen atoms in total. The summed E-state index contributed by atoms with van der Waals surface area (Å²) in [7, 11) is 0. The van der Waals surface area contributed by atoms with E-state index in [2.05, 4.69) is 56.2 Å². The molecule has 0 radical (unpaired) electrons. The van der Waals surface area contributed by atoms with Gasteiger partial charge in [0.05, 0.1) is 6.04 Å². The topological polar surface area (TPSA) is 32.3 Å². The Bertz CT molecular complexity index is 1010. The second-order valence-corrected chi connectivity index (χ2v) is 8.78. The van der Waals surface area contributed by atoms with Crippen molar-refractivity contribution in [1.82, 2.24) is 0 Å². The van der Waals surface area contributed by atoms with Crippen LogP contribution in [0.3, 0.4) is 0 Å². The second kappa shape index (κ2) is 8.10. The first-order valence-electron chi connectivity index (χ1n) is 9.23. The Morgan fingerprint density at radius 2 is 1.71 bits per heavy atom. The van der Waals surface area contributed by atoms with E-state index in [0.29, 0.717) is 5.56 Å². The van der Waals surface area contributed by atoms with Crippen LogP contribution < -0.4 is 10.2 Å². The van der Waals surface area contributed by atoms with Crippen molar-refractivity contribution in [1.29, 1.82) is 0 Å². The molecule has 1 aliphatic rings. The van der Waals surface area contributed by atoms with Crippen LogP contribution in [-0.2, 0) is 0 Å². The molecule has 1 aliphatic heterocycles. The molecule has 1 heterocycles. The molecule has 1 N–H and O–H groups in total. The van der Waals surface area contributed by atoms with Gasteiger partial charge in [-0.15, -0.1) is 0 Å². The lowest BCUT2D eigenvalue weighted by Crippen LogP contribution is -2.44. The summed E-state index contributed by atoms with van der Waals surface area (Å²) in [4.78, 5) is 15.2. The van der Waals surface area contributed by atoms with Gasteiger partial charge in [0, 0.05) is 31.9 Å². The summed E-state index contributed by atoms with van der Waals surface area (Å²) in [6, 6.07) is 24.0. The molecule has 0 bridgehead atoms. The van der Waals surface area contributed by atoms with Gasteiger partial charge in [0.15, 0.2) is 0 Å². The van der Waals surface area contributed by atoms with Gasteiger partial charge in [-0.1, -0.05) is 52.3 Å². The highest BCUT2D eigenvalue weighted by Crippen LogP contribution is 2.40. The molecule has 3 aromatic rings. The van der Waals surface area contributed by atoms with E-state index in [1.165, 1.54) is 0 Å². The Kier molecular flexibility index (Phi) is 5.56. The largest absolute Gasteiger partial charge is 0.377 e. The third-order valence-electron chi connectivity index (χ3n) is 5.09. The minimum absolute atomic E-state index is 0.0452. The van der Waals surface area contributed by atoms with Gasteiger partial charge in [-0.3, -0.25) is 4.79 Å². The van der Waals surface area contributed by atoms with Crippen LogP contribution in [0.1, 0.15) is 35.3 Å². The van der Waals surface area contributed by atoms with E-state index in [4.69, 9.17) is 0 Å². The Morgan fingerprint density at radius 3 is 2.46 bits per heavy atom. The molecule has 0 fully saturated rings. The first-order valence-corrected chi connectivity index (χ1v) is 10.8. The first-order chi connectivity index (χ1) is 13.5. The summed E-state index contributed by atoms with van der Waals surface area (Å²) in [6.45, 7) is 2.11. The normalized spacial score (nSPS) is 18.5. The van der Waals surface area contributed by atoms with Crippen LogP contribution in [0.25, 0.3) is 0 Å². The number of benzene rings is 3. The maximum Gasteiger partial charge on any atom is 0.258 e. The van der Waals surface area contributed by atoms with Crippen molar-refractivity contribution in [3.8, 4) is 0 Å². The maximum absolute atomic E-state index is 13.2. The van der Waals surface area contributed by atoms with E-state index in [0.717, 1.165) is 32.3 Å². The van der Waals surface area contributed by atoms with E-state index in [-0.39, 0.29) is 18.0 Å². The predicted octanol–water partition coefficient (Wildman–Crippen LogP) is 6.80. The third-order valence-corrected chi connectivity index (χ3v) is 6.24. The van der Waals surface area contributed by atoms with Gasteiger partial charge in [0.1, 0.15) is 0 Å². The molecule has 28 heavy (non-hydrogen) atoms. The number of carbonyl (C=O) groups is 1. The lowest BCUT2D eigenvalue weighted by Gasteiger charge is -2.40. The third kappa shape index (κ3) is 3.74. The molecule has 0 aromatic heterocycles. The maximum atomic E-state index is 13.2. The van der Waals surface area contributed by atoms with Crippen LogP contribution in [0.2, 0.25) is 0 Å². The SMILES string of the molecule is C[C@H]1C[C@@H](Nc2ccc(Br)cc2Br)c2ccccc2N1C(=O)c1ccccc1. The van der Waals surface area contributed by atoms with Gasteiger partial charge in [-0.05, 0) is 71.2 Å². The number of halogens is 2. The zero-order valence-corrected chi connectivity index (χ0v) is 18.6. The monoisotopic (exact) mass is 498 g/mol. The number of carbonyl (C=O) groups excluding carboxylic acids is 1. The summed E-state index contributed by atoms with van der Waals surface area (Å²) in [5.74, 6) is 0.0452. The van der Waals surface area contributed by atoms with Crippen LogP contribution >= 0.6 is 31.9 Å². The lowest BCUT2D eigenvalue weighted by atomic mass is 9.90. The fourth-order valence-electron chi connectivity index (χ4n) is 3.77. The van der Waals surface area contributed by atoms with E-state index in [9.17, 15) is 4.79 Å². The van der Waals surface area contributed by atoms with Crippen molar-refractivity contribution in [3.05, 3.63) is 92.9 Å². The number of nitrogens with zero attached hydrogens (tertiary/aromatic N) is 1. The van der Waals surface area contributed by atoms with Gasteiger partial charge in [-0.2, -0.15) is 0 Å². The van der Waals surface area contributed by atoms with Crippen LogP contribution in [-0.4, -0.2) is 11.9 Å². The molecular formula is C23H20Br2N2O. The minimum Gasteiger partial charge on any atom is -0.377 e. The average molecular weight is 500 g/mol. The quantitative estimate of drug-likeness (QED) is 0.429. The molecule has 5 heteroatoms. The minimum atomic E-state index is 0.0452. The van der Waals surface area contributed by atoms with Crippen molar-refractivity contribution >= 4 is 49.1 Å². The van der Waals surface area contributed by atoms with E-state index >= 15 is 0 Å². The summed E-state index contributed by atoms with van der Waals surface area (Å²) < 4.78 is 2.04. The molecule has 0 spiro atoms. The van der Waals surface area contributed by atoms with E-state index in [1.807, 2.05) is 65.6 Å². The number of fused-ring (bicyclic) bond motifs is 1. The zero-order valence-electron chi connectivity index (χ0n) is 15.4. The van der Waals surface area contributed by atoms with Crippen molar-refractivity contribution in [2.75, 3.05) is 10.2 Å². The molecular weight excluding hydrogens is 480 g/mol. The van der Waals surface area contributed by atoms with Gasteiger partial charge in [-0.25, -0.2) is 0 Å². The fraction of sp³-hybridized carbons (Fsp3) is 0.174. The molecule has 3 aromatic carbocycles. The molecule has 0 saturated carbocycles. The Hall–Kier alpha value is -2.11. The van der Waals surface area contributed by atoms with E-state index in [1.54, 1.807) is 0 Å². The van der Waals surface area contributed by atoms with Crippen molar-refractivity contribution < 1.29 is 4.79 Å². The van der Waals surface area contributed by atoms with Crippen molar-refractivity contribution in [2.45, 2.75) is 25.4 Å². The number of amides is 1. The van der Waals surface area contributed by atoms with Crippen molar-refractivity contribution in [2.24, 2.45) is 0 Å². The fourth-order valence-corrected chi connectivity index (χ4v) is 4.93. The van der Waals surface area contributed by atoms with Crippen LogP contribution in [0.4, 0.5) is 11.4 Å². The summed E-state index contributed by atoms with van der Waals surface area (Å²) in [6.07, 6.45) is 0.831. The molecule has 0 aliphatic carbocycles. The smallest absolute Gasteiger partial charge is 0.258 e. The Morgan fingerprint density at radius 1 is 1.00 bits per heavy atom. The number of nitrogens with one attached hydrogen (secondary N) is 1. The van der Waals surface area contributed by atoms with Crippen LogP contribution in [0.5, 0.6) is 0 Å². The second-order valence-electron chi connectivity index (χ2n) is 7.01. The molecule has 2 atom stereocenters. The molecule has 0 saturated heterocycles. The molecule has 142 valence electrons. The highest BCUT2D eigenvalue weighted by Gasteiger charge is 2.34. The molecule has 1 amide bonds. The summed E-state index contributed by atoms with van der Waals surface area (Å²) >= 11 is 7.14. The number of anilines is 2. The number of hydrogen-bond donors (Lipinski definition) is 1. The van der Waals surface area contributed by atoms with E-state index < -0.39 is 0 Å². The molecule has 4 rings (SSSR count). The summed E-state index contributed by atoms with van der Waals surface area (Å²) in [5, 5.41) is 3.66. The highest BCUT2D eigenvalue weighted by molar-refractivity contribution is 9.11. The zero-order chi connectivity index (χ0) is 19.7. The average Bonchev–Trinajstić information content (AvgIpc) is 2.70. The van der Waals surface area contributed by atoms with Crippen LogP contribution in [0, 0.1) is 0 Å². The summed E-state index contributed by atoms with van der Waals surface area (Å²) in [5.41, 5.74) is 3.87. The highest BCUT2D eigenvalue weighted by atomic mass is 79.9. The number of hydrogen-bond acceptors (Lipinski definition) is 2. The Balaban J connectivity index is 1.69.